The zero-order chi connectivity index (χ0) is 23.1. The second-order valence-electron chi connectivity index (χ2n) is 9.25. The van der Waals surface area contributed by atoms with Crippen LogP contribution in [-0.4, -0.2) is 17.0 Å². The standard InChI is InChI=1S/C31H26N2O/c1-22-16-18-24(19-17-22)28-29(25-11-4-2-5-12-25)32-33(26-13-6-3-7-14-26)31(28)21-20-23-10-8-9-15-27(23)30(31)34/h2-19,28H,20-21H2,1H3. The van der Waals surface area contributed by atoms with Crippen molar-refractivity contribution in [3.63, 3.8) is 0 Å². The number of anilines is 1. The number of hydrogen-bond acceptors (Lipinski definition) is 3. The van der Waals surface area contributed by atoms with E-state index in [-0.39, 0.29) is 11.7 Å². The van der Waals surface area contributed by atoms with Crippen LogP contribution in [0.15, 0.2) is 114 Å². The predicted octanol–water partition coefficient (Wildman–Crippen LogP) is 6.57. The van der Waals surface area contributed by atoms with Crippen molar-refractivity contribution in [2.24, 2.45) is 5.10 Å². The number of hydrogen-bond donors (Lipinski definition) is 0. The Hall–Kier alpha value is -3.98. The molecule has 4 aromatic rings. The zero-order valence-corrected chi connectivity index (χ0v) is 19.2. The quantitative estimate of drug-likeness (QED) is 0.359. The van der Waals surface area contributed by atoms with Crippen LogP contribution < -0.4 is 5.01 Å². The summed E-state index contributed by atoms with van der Waals surface area (Å²) in [5.74, 6) is -0.0324. The number of carbonyl (C=O) groups excluding carboxylic acids is 1. The number of aryl methyl sites for hydroxylation is 2. The van der Waals surface area contributed by atoms with E-state index in [0.29, 0.717) is 6.42 Å². The van der Waals surface area contributed by atoms with Crippen molar-refractivity contribution >= 4 is 17.2 Å². The molecule has 0 amide bonds. The van der Waals surface area contributed by atoms with Gasteiger partial charge in [-0.1, -0.05) is 103 Å². The van der Waals surface area contributed by atoms with E-state index >= 15 is 0 Å². The highest BCUT2D eigenvalue weighted by atomic mass is 16.1. The second kappa shape index (κ2) is 8.11. The van der Waals surface area contributed by atoms with E-state index in [2.05, 4.69) is 61.5 Å². The number of ketones is 1. The maximum atomic E-state index is 14.5. The molecule has 2 atom stereocenters. The molecule has 0 aromatic heterocycles. The topological polar surface area (TPSA) is 32.7 Å². The average Bonchev–Trinajstić information content (AvgIpc) is 3.24. The van der Waals surface area contributed by atoms with E-state index in [1.165, 1.54) is 5.56 Å². The van der Waals surface area contributed by atoms with Gasteiger partial charge in [0.1, 0.15) is 5.54 Å². The van der Waals surface area contributed by atoms with E-state index in [1.54, 1.807) is 0 Å². The molecule has 166 valence electrons. The largest absolute Gasteiger partial charge is 0.291 e. The van der Waals surface area contributed by atoms with Crippen LogP contribution in [0, 0.1) is 6.92 Å². The lowest BCUT2D eigenvalue weighted by molar-refractivity contribution is 0.0856. The Kier molecular flexibility index (Phi) is 4.91. The van der Waals surface area contributed by atoms with Crippen molar-refractivity contribution in [1.82, 2.24) is 0 Å². The molecule has 0 saturated heterocycles. The van der Waals surface area contributed by atoms with Crippen LogP contribution in [0.25, 0.3) is 0 Å². The fourth-order valence-electron chi connectivity index (χ4n) is 5.60. The van der Waals surface area contributed by atoms with Gasteiger partial charge in [-0.05, 0) is 48.6 Å². The summed E-state index contributed by atoms with van der Waals surface area (Å²) in [6.45, 7) is 2.10. The van der Waals surface area contributed by atoms with Crippen LogP contribution >= 0.6 is 0 Å². The minimum Gasteiger partial charge on any atom is -0.291 e. The lowest BCUT2D eigenvalue weighted by Gasteiger charge is -2.43. The Balaban J connectivity index is 1.63. The van der Waals surface area contributed by atoms with E-state index < -0.39 is 5.54 Å². The van der Waals surface area contributed by atoms with E-state index in [1.807, 2.05) is 59.6 Å². The summed E-state index contributed by atoms with van der Waals surface area (Å²) >= 11 is 0. The summed E-state index contributed by atoms with van der Waals surface area (Å²) in [5, 5.41) is 7.26. The van der Waals surface area contributed by atoms with Gasteiger partial charge in [-0.3, -0.25) is 9.80 Å². The Bertz CT molecular complexity index is 1380. The number of rotatable bonds is 3. The van der Waals surface area contributed by atoms with Crippen molar-refractivity contribution in [3.05, 3.63) is 137 Å². The highest BCUT2D eigenvalue weighted by Crippen LogP contribution is 2.50. The summed E-state index contributed by atoms with van der Waals surface area (Å²) in [6, 6.07) is 37.1. The maximum Gasteiger partial charge on any atom is 0.191 e. The molecule has 4 aromatic carbocycles. The summed E-state index contributed by atoms with van der Waals surface area (Å²) in [5.41, 5.74) is 6.39. The van der Waals surface area contributed by atoms with Crippen LogP contribution in [0.5, 0.6) is 0 Å². The van der Waals surface area contributed by atoms with Crippen molar-refractivity contribution < 1.29 is 4.79 Å². The van der Waals surface area contributed by atoms with Crippen molar-refractivity contribution in [3.8, 4) is 0 Å². The molecule has 1 heterocycles. The van der Waals surface area contributed by atoms with Crippen LogP contribution in [0.3, 0.4) is 0 Å². The van der Waals surface area contributed by atoms with Gasteiger partial charge in [0.25, 0.3) is 0 Å². The van der Waals surface area contributed by atoms with Crippen molar-refractivity contribution in [2.45, 2.75) is 31.2 Å². The SMILES string of the molecule is Cc1ccc(C2C(c3ccccc3)=NN(c3ccccc3)C23CCc2ccccc2C3=O)cc1. The molecule has 2 unspecified atom stereocenters. The summed E-state index contributed by atoms with van der Waals surface area (Å²) in [6.07, 6.45) is 1.54. The highest BCUT2D eigenvalue weighted by molar-refractivity contribution is 6.18. The molecule has 3 heteroatoms. The summed E-state index contributed by atoms with van der Waals surface area (Å²) in [7, 11) is 0. The fourth-order valence-corrected chi connectivity index (χ4v) is 5.60. The molecule has 0 fully saturated rings. The second-order valence-corrected chi connectivity index (χ2v) is 9.25. The number of para-hydroxylation sites is 1. The summed E-state index contributed by atoms with van der Waals surface area (Å²) < 4.78 is 0. The molecule has 0 N–H and O–H groups in total. The Morgan fingerprint density at radius 1 is 0.794 bits per heavy atom. The first-order valence-corrected chi connectivity index (χ1v) is 11.9. The molecular formula is C31H26N2O. The molecule has 1 spiro atoms. The van der Waals surface area contributed by atoms with Crippen LogP contribution in [0.1, 0.15) is 45.0 Å². The maximum absolute atomic E-state index is 14.5. The molecule has 2 aliphatic rings. The Morgan fingerprint density at radius 3 is 2.18 bits per heavy atom. The molecule has 0 saturated carbocycles. The van der Waals surface area contributed by atoms with Crippen molar-refractivity contribution in [2.75, 3.05) is 5.01 Å². The third kappa shape index (κ3) is 3.12. The molecule has 0 radical (unpaired) electrons. The van der Waals surface area contributed by atoms with Crippen LogP contribution in [0.4, 0.5) is 5.69 Å². The highest BCUT2D eigenvalue weighted by Gasteiger charge is 2.59. The molecule has 1 aliphatic heterocycles. The van der Waals surface area contributed by atoms with Crippen molar-refractivity contribution in [1.29, 1.82) is 0 Å². The fraction of sp³-hybridized carbons (Fsp3) is 0.161. The van der Waals surface area contributed by atoms with Gasteiger partial charge in [0.05, 0.1) is 17.3 Å². The zero-order valence-electron chi connectivity index (χ0n) is 19.2. The number of Topliss-reactive ketones (excluding diaryl/α,β-unsaturated/α-hetero) is 1. The molecular weight excluding hydrogens is 416 g/mol. The molecule has 3 nitrogen and oxygen atoms in total. The number of carbonyl (C=O) groups is 1. The molecule has 6 rings (SSSR count). The van der Waals surface area contributed by atoms with Gasteiger partial charge in [0, 0.05) is 5.56 Å². The normalized spacial score (nSPS) is 21.4. The van der Waals surface area contributed by atoms with Crippen LogP contribution in [-0.2, 0) is 6.42 Å². The van der Waals surface area contributed by atoms with Gasteiger partial charge in [0.15, 0.2) is 5.78 Å². The van der Waals surface area contributed by atoms with E-state index in [0.717, 1.165) is 40.1 Å². The van der Waals surface area contributed by atoms with Crippen LogP contribution in [0.2, 0.25) is 0 Å². The number of hydrazone groups is 1. The molecule has 34 heavy (non-hydrogen) atoms. The predicted molar refractivity (Wildman–Crippen MR) is 138 cm³/mol. The van der Waals surface area contributed by atoms with E-state index in [9.17, 15) is 4.79 Å². The van der Waals surface area contributed by atoms with E-state index in [4.69, 9.17) is 5.10 Å². The molecule has 0 bridgehead atoms. The van der Waals surface area contributed by atoms with Gasteiger partial charge in [-0.2, -0.15) is 5.10 Å². The average molecular weight is 443 g/mol. The van der Waals surface area contributed by atoms with Gasteiger partial charge in [-0.15, -0.1) is 0 Å². The Morgan fingerprint density at radius 2 is 1.44 bits per heavy atom. The lowest BCUT2D eigenvalue weighted by atomic mass is 9.65. The van der Waals surface area contributed by atoms with Gasteiger partial charge < -0.3 is 0 Å². The molecule has 1 aliphatic carbocycles. The first-order valence-electron chi connectivity index (χ1n) is 11.9. The van der Waals surface area contributed by atoms with Gasteiger partial charge in [-0.25, -0.2) is 0 Å². The smallest absolute Gasteiger partial charge is 0.191 e. The lowest BCUT2D eigenvalue weighted by Crippen LogP contribution is -2.56. The monoisotopic (exact) mass is 442 g/mol. The summed E-state index contributed by atoms with van der Waals surface area (Å²) in [4.78, 5) is 14.5. The number of nitrogens with zero attached hydrogens (tertiary/aromatic N) is 2. The number of fused-ring (bicyclic) bond motifs is 1. The third-order valence-corrected chi connectivity index (χ3v) is 7.25. The first kappa shape index (κ1) is 20.6. The Labute approximate surface area is 200 Å². The minimum absolute atomic E-state index is 0.151. The third-order valence-electron chi connectivity index (χ3n) is 7.25. The van der Waals surface area contributed by atoms with Gasteiger partial charge in [0.2, 0.25) is 0 Å². The number of benzene rings is 4. The first-order chi connectivity index (χ1) is 16.7. The minimum atomic E-state index is -0.823. The van der Waals surface area contributed by atoms with Gasteiger partial charge >= 0.3 is 0 Å².